The van der Waals surface area contributed by atoms with Crippen molar-refractivity contribution in [2.75, 3.05) is 0 Å². The van der Waals surface area contributed by atoms with Crippen LogP contribution in [0.5, 0.6) is 0 Å². The van der Waals surface area contributed by atoms with E-state index in [-0.39, 0.29) is 0 Å². The molecule has 0 fully saturated rings. The summed E-state index contributed by atoms with van der Waals surface area (Å²) in [7, 11) is 0. The monoisotopic (exact) mass is 202 g/mol. The molecule has 0 heteroatoms. The standard InChI is InChI=1S/C16H10/c1-3-5-7-9-15-11-13-16(14-12-15)10-8-6-4-2/h11-14H,1-2H3. The molecular weight excluding hydrogens is 192 g/mol. The zero-order valence-corrected chi connectivity index (χ0v) is 9.31. The molecule has 0 radical (unpaired) electrons. The molecule has 0 aliphatic rings. The fourth-order valence-corrected chi connectivity index (χ4v) is 0.969. The molecule has 1 rings (SSSR count). The summed E-state index contributed by atoms with van der Waals surface area (Å²) < 4.78 is 0. The van der Waals surface area contributed by atoms with Gasteiger partial charge in [0.15, 0.2) is 0 Å². The van der Waals surface area contributed by atoms with E-state index in [0.29, 0.717) is 0 Å². The Morgan fingerprint density at radius 3 is 1.31 bits per heavy atom. The van der Waals surface area contributed by atoms with Crippen LogP contribution in [0.2, 0.25) is 0 Å². The first kappa shape index (κ1) is 11.5. The second-order valence-corrected chi connectivity index (χ2v) is 2.83. The van der Waals surface area contributed by atoms with E-state index in [1.165, 1.54) is 0 Å². The van der Waals surface area contributed by atoms with Crippen molar-refractivity contribution in [3.8, 4) is 47.4 Å². The lowest BCUT2D eigenvalue weighted by molar-refractivity contribution is 1.60. The van der Waals surface area contributed by atoms with Crippen molar-refractivity contribution >= 4 is 0 Å². The molecule has 0 N–H and O–H groups in total. The maximum atomic E-state index is 2.94. The van der Waals surface area contributed by atoms with Gasteiger partial charge in [0.25, 0.3) is 0 Å². The van der Waals surface area contributed by atoms with Gasteiger partial charge in [0.05, 0.1) is 0 Å². The minimum atomic E-state index is 0.940. The minimum Gasteiger partial charge on any atom is -0.0925 e. The Labute approximate surface area is 97.1 Å². The SMILES string of the molecule is CC#CC#Cc1ccc(C#CC#CC)cc1. The quantitative estimate of drug-likeness (QED) is 0.567. The van der Waals surface area contributed by atoms with Gasteiger partial charge in [0, 0.05) is 11.1 Å². The average molecular weight is 202 g/mol. The van der Waals surface area contributed by atoms with E-state index in [9.17, 15) is 0 Å². The summed E-state index contributed by atoms with van der Waals surface area (Å²) in [6.07, 6.45) is 0. The highest BCUT2D eigenvalue weighted by Crippen LogP contribution is 2.01. The van der Waals surface area contributed by atoms with E-state index in [4.69, 9.17) is 0 Å². The van der Waals surface area contributed by atoms with Crippen LogP contribution in [0.4, 0.5) is 0 Å². The zero-order valence-electron chi connectivity index (χ0n) is 9.31. The lowest BCUT2D eigenvalue weighted by Crippen LogP contribution is -1.76. The molecule has 74 valence electrons. The third-order valence-electron chi connectivity index (χ3n) is 1.67. The fourth-order valence-electron chi connectivity index (χ4n) is 0.969. The van der Waals surface area contributed by atoms with Crippen molar-refractivity contribution in [1.82, 2.24) is 0 Å². The average Bonchev–Trinajstić information content (AvgIpc) is 2.32. The van der Waals surface area contributed by atoms with Crippen molar-refractivity contribution in [3.63, 3.8) is 0 Å². The Morgan fingerprint density at radius 1 is 0.625 bits per heavy atom. The van der Waals surface area contributed by atoms with Gasteiger partial charge in [0.1, 0.15) is 0 Å². The van der Waals surface area contributed by atoms with Crippen molar-refractivity contribution in [2.45, 2.75) is 13.8 Å². The van der Waals surface area contributed by atoms with Crippen LogP contribution in [-0.2, 0) is 0 Å². The lowest BCUT2D eigenvalue weighted by Gasteiger charge is -1.89. The summed E-state index contributed by atoms with van der Waals surface area (Å²) in [4.78, 5) is 0. The highest BCUT2D eigenvalue weighted by Gasteiger charge is 1.87. The lowest BCUT2D eigenvalue weighted by atomic mass is 10.1. The van der Waals surface area contributed by atoms with Gasteiger partial charge in [-0.1, -0.05) is 23.7 Å². The summed E-state index contributed by atoms with van der Waals surface area (Å²) in [6.45, 7) is 3.53. The molecule has 0 atom stereocenters. The van der Waals surface area contributed by atoms with Crippen molar-refractivity contribution < 1.29 is 0 Å². The summed E-state index contributed by atoms with van der Waals surface area (Å²) in [6, 6.07) is 7.70. The van der Waals surface area contributed by atoms with Gasteiger partial charge in [-0.3, -0.25) is 0 Å². The molecule has 0 heterocycles. The van der Waals surface area contributed by atoms with Crippen LogP contribution in [0.15, 0.2) is 24.3 Å². The Balaban J connectivity index is 2.83. The van der Waals surface area contributed by atoms with E-state index in [2.05, 4.69) is 47.4 Å². The van der Waals surface area contributed by atoms with E-state index in [1.807, 2.05) is 24.3 Å². The minimum absolute atomic E-state index is 0.940. The van der Waals surface area contributed by atoms with E-state index >= 15 is 0 Å². The number of hydrogen-bond acceptors (Lipinski definition) is 0. The van der Waals surface area contributed by atoms with Gasteiger partial charge in [-0.15, -0.1) is 0 Å². The van der Waals surface area contributed by atoms with Crippen LogP contribution in [0.1, 0.15) is 25.0 Å². The first-order valence-corrected chi connectivity index (χ1v) is 4.82. The first-order valence-electron chi connectivity index (χ1n) is 4.82. The molecule has 0 aliphatic heterocycles. The molecule has 0 saturated heterocycles. The van der Waals surface area contributed by atoms with Crippen molar-refractivity contribution in [1.29, 1.82) is 0 Å². The maximum absolute atomic E-state index is 2.94. The van der Waals surface area contributed by atoms with Gasteiger partial charge in [-0.25, -0.2) is 0 Å². The number of hydrogen-bond donors (Lipinski definition) is 0. The predicted octanol–water partition coefficient (Wildman–Crippen LogP) is 2.44. The van der Waals surface area contributed by atoms with Gasteiger partial charge in [-0.05, 0) is 61.8 Å². The molecule has 0 aromatic heterocycles. The fraction of sp³-hybridized carbons (Fsp3) is 0.125. The Kier molecular flexibility index (Phi) is 4.94. The molecule has 0 aliphatic carbocycles. The van der Waals surface area contributed by atoms with E-state index < -0.39 is 0 Å². The molecule has 1 aromatic carbocycles. The topological polar surface area (TPSA) is 0 Å². The van der Waals surface area contributed by atoms with Crippen LogP contribution in [0, 0.1) is 47.4 Å². The zero-order chi connectivity index (χ0) is 11.6. The summed E-state index contributed by atoms with van der Waals surface area (Å²) in [5, 5.41) is 0. The third-order valence-corrected chi connectivity index (χ3v) is 1.67. The second-order valence-electron chi connectivity index (χ2n) is 2.83. The van der Waals surface area contributed by atoms with Crippen LogP contribution < -0.4 is 0 Å². The number of rotatable bonds is 0. The summed E-state index contributed by atoms with van der Waals surface area (Å²) in [5.74, 6) is 22.2. The molecule has 1 aromatic rings. The molecular formula is C16H10. The molecule has 0 spiro atoms. The normalized spacial score (nSPS) is 6.62. The third kappa shape index (κ3) is 4.11. The van der Waals surface area contributed by atoms with Crippen LogP contribution in [0.3, 0.4) is 0 Å². The highest BCUT2D eigenvalue weighted by molar-refractivity contribution is 5.45. The second kappa shape index (κ2) is 6.85. The van der Waals surface area contributed by atoms with Crippen molar-refractivity contribution in [3.05, 3.63) is 35.4 Å². The summed E-state index contributed by atoms with van der Waals surface area (Å²) in [5.41, 5.74) is 1.88. The highest BCUT2D eigenvalue weighted by atomic mass is 13.9. The molecule has 0 saturated carbocycles. The van der Waals surface area contributed by atoms with Crippen LogP contribution >= 0.6 is 0 Å². The van der Waals surface area contributed by atoms with Crippen LogP contribution in [-0.4, -0.2) is 0 Å². The summed E-state index contributed by atoms with van der Waals surface area (Å²) >= 11 is 0. The molecule has 0 bridgehead atoms. The molecule has 0 amide bonds. The smallest absolute Gasteiger partial charge is 0.0256 e. The van der Waals surface area contributed by atoms with Crippen LogP contribution in [0.25, 0.3) is 0 Å². The Bertz CT molecular complexity index is 528. The predicted molar refractivity (Wildman–Crippen MR) is 67.1 cm³/mol. The molecule has 0 nitrogen and oxygen atoms in total. The van der Waals surface area contributed by atoms with Gasteiger partial charge >= 0.3 is 0 Å². The first-order chi connectivity index (χ1) is 7.86. The maximum Gasteiger partial charge on any atom is 0.0256 e. The molecule has 0 unspecified atom stereocenters. The Hall–Kier alpha value is -2.54. The van der Waals surface area contributed by atoms with E-state index in [0.717, 1.165) is 11.1 Å². The van der Waals surface area contributed by atoms with Gasteiger partial charge in [0.2, 0.25) is 0 Å². The van der Waals surface area contributed by atoms with E-state index in [1.54, 1.807) is 13.8 Å². The van der Waals surface area contributed by atoms with Gasteiger partial charge < -0.3 is 0 Å². The Morgan fingerprint density at radius 2 is 1.00 bits per heavy atom. The van der Waals surface area contributed by atoms with Gasteiger partial charge in [-0.2, -0.15) is 0 Å². The molecule has 16 heavy (non-hydrogen) atoms. The largest absolute Gasteiger partial charge is 0.0925 e. The van der Waals surface area contributed by atoms with Crippen molar-refractivity contribution in [2.24, 2.45) is 0 Å². The number of benzene rings is 1.